The highest BCUT2D eigenvalue weighted by molar-refractivity contribution is 6.41. The zero-order valence-electron chi connectivity index (χ0n) is 22.1. The van der Waals surface area contributed by atoms with Crippen LogP contribution in [0.5, 0.6) is 0 Å². The molecule has 3 aliphatic rings. The SMILES string of the molecule is CC1=NC(c2ccccccc(C3CCCCCCCC3)cc2)(C2CCCCCCCC2)N=C1N. The van der Waals surface area contributed by atoms with Crippen molar-refractivity contribution in [2.75, 3.05) is 0 Å². The van der Waals surface area contributed by atoms with Crippen LogP contribution in [0.25, 0.3) is 0 Å². The molecule has 0 bridgehead atoms. The van der Waals surface area contributed by atoms with E-state index < -0.39 is 5.66 Å². The van der Waals surface area contributed by atoms with Gasteiger partial charge in [-0.05, 0) is 44.1 Å². The fraction of sp³-hybridized carbons (Fsp3) is 0.625. The second-order valence-electron chi connectivity index (χ2n) is 11.1. The van der Waals surface area contributed by atoms with Gasteiger partial charge in [0.2, 0.25) is 0 Å². The van der Waals surface area contributed by atoms with Crippen molar-refractivity contribution in [3.63, 3.8) is 0 Å². The lowest BCUT2D eigenvalue weighted by Gasteiger charge is -2.33. The number of rotatable bonds is 3. The monoisotopic (exact) mass is 473 g/mol. The Hall–Kier alpha value is -2.16. The summed E-state index contributed by atoms with van der Waals surface area (Å²) in [6.45, 7) is 2.03. The molecule has 1 aromatic rings. The summed E-state index contributed by atoms with van der Waals surface area (Å²) in [5, 5.41) is 0. The third-order valence-electron chi connectivity index (χ3n) is 8.53. The van der Waals surface area contributed by atoms with E-state index in [9.17, 15) is 0 Å². The van der Waals surface area contributed by atoms with Gasteiger partial charge in [-0.25, -0.2) is 4.99 Å². The molecule has 4 rings (SSSR count). The van der Waals surface area contributed by atoms with E-state index in [1.165, 1.54) is 114 Å². The molecule has 0 amide bonds. The molecule has 2 aliphatic carbocycles. The van der Waals surface area contributed by atoms with Crippen LogP contribution in [-0.4, -0.2) is 11.5 Å². The third-order valence-corrected chi connectivity index (χ3v) is 8.53. The van der Waals surface area contributed by atoms with Gasteiger partial charge in [-0.15, -0.1) is 0 Å². The number of amidine groups is 1. The maximum atomic E-state index is 6.41. The normalized spacial score (nSPS) is 25.5. The largest absolute Gasteiger partial charge is 0.382 e. The molecule has 2 N–H and O–H groups in total. The summed E-state index contributed by atoms with van der Waals surface area (Å²) in [7, 11) is 0. The molecule has 0 radical (unpaired) electrons. The molecule has 2 fully saturated rings. The molecule has 1 aromatic carbocycles. The first-order valence-electron chi connectivity index (χ1n) is 14.5. The van der Waals surface area contributed by atoms with Gasteiger partial charge < -0.3 is 5.73 Å². The number of nitrogens with zero attached hydrogens (tertiary/aromatic N) is 2. The lowest BCUT2D eigenvalue weighted by Crippen LogP contribution is -2.31. The van der Waals surface area contributed by atoms with Crippen LogP contribution in [0.1, 0.15) is 127 Å². The van der Waals surface area contributed by atoms with Crippen LogP contribution >= 0.6 is 0 Å². The smallest absolute Gasteiger partial charge is 0.181 e. The van der Waals surface area contributed by atoms with Crippen LogP contribution < -0.4 is 5.73 Å². The van der Waals surface area contributed by atoms with Gasteiger partial charge in [-0.1, -0.05) is 126 Å². The molecule has 0 saturated heterocycles. The fourth-order valence-corrected chi connectivity index (χ4v) is 6.42. The van der Waals surface area contributed by atoms with Crippen molar-refractivity contribution in [2.45, 2.75) is 121 Å². The summed E-state index contributed by atoms with van der Waals surface area (Å²) in [5.74, 6) is 1.66. The standard InChI is InChI=1S/C32H47N3/c1-26-31(33)35-32(34-26,29-21-15-8-4-5-9-16-22-29)30-23-17-11-10-14-20-28(24-25-30)27-18-12-6-2-3-7-13-19-27/h10-11,14,17,20,23-25,27,29H,2-9,12-13,15-16,18-19,21-22H2,1H3,(H2,33,35). The van der Waals surface area contributed by atoms with Gasteiger partial charge in [0.1, 0.15) is 5.84 Å². The average Bonchev–Trinajstić information content (AvgIpc) is 3.29. The van der Waals surface area contributed by atoms with Crippen LogP contribution in [0.15, 0.2) is 58.5 Å². The van der Waals surface area contributed by atoms with Gasteiger partial charge in [0, 0.05) is 11.5 Å². The van der Waals surface area contributed by atoms with Crippen molar-refractivity contribution in [3.8, 4) is 0 Å². The minimum Gasteiger partial charge on any atom is -0.382 e. The number of hydrogen-bond donors (Lipinski definition) is 1. The van der Waals surface area contributed by atoms with Crippen LogP contribution in [-0.2, 0) is 5.66 Å². The van der Waals surface area contributed by atoms with E-state index in [1.54, 1.807) is 0 Å². The van der Waals surface area contributed by atoms with Crippen molar-refractivity contribution in [3.05, 3.63) is 59.7 Å². The number of hydrogen-bond acceptors (Lipinski definition) is 3. The quantitative estimate of drug-likeness (QED) is 0.468. The molecule has 190 valence electrons. The van der Waals surface area contributed by atoms with Gasteiger partial charge in [0.25, 0.3) is 0 Å². The average molecular weight is 474 g/mol. The maximum absolute atomic E-state index is 6.41. The van der Waals surface area contributed by atoms with E-state index in [-0.39, 0.29) is 0 Å². The molecule has 3 heteroatoms. The Morgan fingerprint density at radius 3 is 1.74 bits per heavy atom. The minimum absolute atomic E-state index is 0.400. The van der Waals surface area contributed by atoms with Crippen molar-refractivity contribution in [1.29, 1.82) is 0 Å². The predicted octanol–water partition coefficient (Wildman–Crippen LogP) is 8.76. The van der Waals surface area contributed by atoms with Gasteiger partial charge in [0.15, 0.2) is 5.66 Å². The van der Waals surface area contributed by atoms with E-state index in [0.29, 0.717) is 17.7 Å². The maximum Gasteiger partial charge on any atom is 0.181 e. The lowest BCUT2D eigenvalue weighted by atomic mass is 9.80. The molecule has 3 nitrogen and oxygen atoms in total. The highest BCUT2D eigenvalue weighted by Crippen LogP contribution is 2.44. The third kappa shape index (κ3) is 6.96. The molecule has 1 unspecified atom stereocenters. The Bertz CT molecular complexity index is 892. The minimum atomic E-state index is -0.578. The summed E-state index contributed by atoms with van der Waals surface area (Å²) >= 11 is 0. The molecular formula is C32H47N3. The fourth-order valence-electron chi connectivity index (χ4n) is 6.42. The Kier molecular flexibility index (Phi) is 9.80. The number of nitrogens with two attached hydrogens (primary N) is 1. The van der Waals surface area contributed by atoms with Gasteiger partial charge in [-0.2, -0.15) is 0 Å². The predicted molar refractivity (Wildman–Crippen MR) is 151 cm³/mol. The lowest BCUT2D eigenvalue weighted by molar-refractivity contribution is 0.251. The molecule has 0 spiro atoms. The van der Waals surface area contributed by atoms with E-state index in [1.807, 2.05) is 6.92 Å². The Morgan fingerprint density at radius 1 is 0.629 bits per heavy atom. The van der Waals surface area contributed by atoms with Crippen LogP contribution in [0.2, 0.25) is 0 Å². The molecule has 1 atom stereocenters. The van der Waals surface area contributed by atoms with Gasteiger partial charge in [0.05, 0.1) is 5.71 Å². The second-order valence-corrected chi connectivity index (χ2v) is 11.1. The number of aliphatic imine (C=N–C) groups is 2. The Labute approximate surface area is 214 Å². The highest BCUT2D eigenvalue weighted by atomic mass is 15.2. The van der Waals surface area contributed by atoms with E-state index >= 15 is 0 Å². The van der Waals surface area contributed by atoms with Crippen LogP contribution in [0.3, 0.4) is 0 Å². The first-order chi connectivity index (χ1) is 17.2. The molecule has 35 heavy (non-hydrogen) atoms. The first-order valence-corrected chi connectivity index (χ1v) is 14.5. The summed E-state index contributed by atoms with van der Waals surface area (Å²) in [6, 6.07) is 18.0. The van der Waals surface area contributed by atoms with Crippen LogP contribution in [0, 0.1) is 5.92 Å². The molecule has 2 saturated carbocycles. The van der Waals surface area contributed by atoms with Crippen molar-refractivity contribution >= 4 is 11.5 Å². The van der Waals surface area contributed by atoms with Gasteiger partial charge in [-0.3, -0.25) is 4.99 Å². The summed E-state index contributed by atoms with van der Waals surface area (Å²) in [6.07, 6.45) is 21.1. The topological polar surface area (TPSA) is 50.7 Å². The Morgan fingerprint density at radius 2 is 1.17 bits per heavy atom. The highest BCUT2D eigenvalue weighted by Gasteiger charge is 2.43. The summed E-state index contributed by atoms with van der Waals surface area (Å²) in [4.78, 5) is 10.4. The Balaban J connectivity index is 1.76. The summed E-state index contributed by atoms with van der Waals surface area (Å²) < 4.78 is 0. The molecule has 1 heterocycles. The first kappa shape index (κ1) is 25.9. The zero-order chi connectivity index (χ0) is 24.3. The van der Waals surface area contributed by atoms with Crippen molar-refractivity contribution < 1.29 is 0 Å². The van der Waals surface area contributed by atoms with Crippen molar-refractivity contribution in [1.82, 2.24) is 0 Å². The zero-order valence-corrected chi connectivity index (χ0v) is 22.1. The molecular weight excluding hydrogens is 426 g/mol. The van der Waals surface area contributed by atoms with Crippen LogP contribution in [0.4, 0.5) is 0 Å². The summed E-state index contributed by atoms with van der Waals surface area (Å²) in [5.41, 5.74) is 9.39. The van der Waals surface area contributed by atoms with Gasteiger partial charge >= 0.3 is 0 Å². The van der Waals surface area contributed by atoms with E-state index in [0.717, 1.165) is 5.71 Å². The molecule has 0 aromatic heterocycles. The molecule has 1 aliphatic heterocycles. The second kappa shape index (κ2) is 13.2. The van der Waals surface area contributed by atoms with E-state index in [4.69, 9.17) is 15.7 Å². The van der Waals surface area contributed by atoms with E-state index in [2.05, 4.69) is 48.5 Å². The van der Waals surface area contributed by atoms with Crippen molar-refractivity contribution in [2.24, 2.45) is 21.6 Å².